The number of rotatable bonds is 6. The van der Waals surface area contributed by atoms with Crippen LogP contribution < -0.4 is 15.4 Å². The lowest BCUT2D eigenvalue weighted by molar-refractivity contribution is -0.118. The molecule has 0 bridgehead atoms. The molecule has 2 heterocycles. The Bertz CT molecular complexity index is 1560. The number of halogens is 1. The number of anilines is 2. The van der Waals surface area contributed by atoms with Crippen LogP contribution in [0.5, 0.6) is 5.75 Å². The molecule has 6 rings (SSSR count). The number of ketones is 1. The zero-order chi connectivity index (χ0) is 27.0. The Morgan fingerprint density at radius 1 is 1.00 bits per heavy atom. The van der Waals surface area contributed by atoms with Gasteiger partial charge in [0.05, 0.1) is 30.2 Å². The van der Waals surface area contributed by atoms with Crippen molar-refractivity contribution in [2.24, 2.45) is 5.41 Å². The molecule has 0 fully saturated rings. The molecule has 7 nitrogen and oxygen atoms in total. The Morgan fingerprint density at radius 3 is 2.56 bits per heavy atom. The largest absolute Gasteiger partial charge is 0.487 e. The van der Waals surface area contributed by atoms with Gasteiger partial charge in [0, 0.05) is 27.7 Å². The molecule has 0 radical (unpaired) electrons. The van der Waals surface area contributed by atoms with Gasteiger partial charge in [0.15, 0.2) is 5.78 Å². The number of ether oxygens (including phenoxy) is 1. The van der Waals surface area contributed by atoms with Crippen LogP contribution in [-0.4, -0.2) is 20.8 Å². The van der Waals surface area contributed by atoms with Crippen molar-refractivity contribution in [3.05, 3.63) is 112 Å². The van der Waals surface area contributed by atoms with Crippen LogP contribution in [0.15, 0.2) is 94.7 Å². The fraction of sp³-hybridized carbons (Fsp3) is 0.258. The van der Waals surface area contributed by atoms with Gasteiger partial charge in [-0.3, -0.25) is 4.79 Å². The Kier molecular flexibility index (Phi) is 6.73. The maximum Gasteiger partial charge on any atom is 0.163 e. The molecule has 198 valence electrons. The molecule has 1 aliphatic heterocycles. The summed E-state index contributed by atoms with van der Waals surface area (Å²) in [6.45, 7) is 5.20. The van der Waals surface area contributed by atoms with E-state index in [9.17, 15) is 4.79 Å². The van der Waals surface area contributed by atoms with E-state index in [0.29, 0.717) is 18.7 Å². The Hall–Kier alpha value is -3.91. The SMILES string of the molecule is CC1(C)CC(=O)C2=C(C1)Nc1ccccc1NC2c1ccccc1OCc1cn(Cc2ccc(Br)cc2)nn1. The second-order valence-electron chi connectivity index (χ2n) is 10.9. The van der Waals surface area contributed by atoms with Crippen molar-refractivity contribution in [2.45, 2.75) is 45.9 Å². The van der Waals surface area contributed by atoms with Crippen molar-refractivity contribution in [1.29, 1.82) is 0 Å². The molecule has 0 spiro atoms. The number of hydrogen-bond donors (Lipinski definition) is 2. The van der Waals surface area contributed by atoms with E-state index in [2.05, 4.69) is 62.9 Å². The number of benzene rings is 3. The van der Waals surface area contributed by atoms with Crippen LogP contribution in [0, 0.1) is 5.41 Å². The molecule has 1 unspecified atom stereocenters. The first-order valence-corrected chi connectivity index (χ1v) is 13.9. The van der Waals surface area contributed by atoms with Crippen molar-refractivity contribution in [1.82, 2.24) is 15.0 Å². The first-order valence-electron chi connectivity index (χ1n) is 13.1. The van der Waals surface area contributed by atoms with E-state index in [1.807, 2.05) is 71.5 Å². The van der Waals surface area contributed by atoms with E-state index in [0.717, 1.165) is 50.4 Å². The maximum atomic E-state index is 13.6. The van der Waals surface area contributed by atoms with Gasteiger partial charge in [-0.2, -0.15) is 0 Å². The van der Waals surface area contributed by atoms with Gasteiger partial charge in [-0.05, 0) is 47.7 Å². The Labute approximate surface area is 236 Å². The maximum absolute atomic E-state index is 13.6. The molecule has 2 aliphatic rings. The molecule has 1 atom stereocenters. The van der Waals surface area contributed by atoms with Gasteiger partial charge in [-0.15, -0.1) is 5.10 Å². The topological polar surface area (TPSA) is 81.1 Å². The van der Waals surface area contributed by atoms with Gasteiger partial charge in [-0.25, -0.2) is 4.68 Å². The smallest absolute Gasteiger partial charge is 0.163 e. The molecule has 2 N–H and O–H groups in total. The van der Waals surface area contributed by atoms with E-state index in [4.69, 9.17) is 4.74 Å². The first kappa shape index (κ1) is 25.4. The molecule has 8 heteroatoms. The molecule has 39 heavy (non-hydrogen) atoms. The van der Waals surface area contributed by atoms with Crippen LogP contribution >= 0.6 is 15.9 Å². The van der Waals surface area contributed by atoms with Crippen LogP contribution in [0.25, 0.3) is 0 Å². The van der Waals surface area contributed by atoms with Crippen LogP contribution in [0.4, 0.5) is 11.4 Å². The molecule has 0 amide bonds. The predicted molar refractivity (Wildman–Crippen MR) is 156 cm³/mol. The summed E-state index contributed by atoms with van der Waals surface area (Å²) < 4.78 is 9.18. The zero-order valence-electron chi connectivity index (χ0n) is 21.9. The second-order valence-corrected chi connectivity index (χ2v) is 11.9. The molecule has 3 aromatic carbocycles. The van der Waals surface area contributed by atoms with Gasteiger partial charge in [0.25, 0.3) is 0 Å². The third kappa shape index (κ3) is 5.47. The summed E-state index contributed by atoms with van der Waals surface area (Å²) in [6.07, 6.45) is 3.21. The highest BCUT2D eigenvalue weighted by Crippen LogP contribution is 2.46. The monoisotopic (exact) mass is 583 g/mol. The van der Waals surface area contributed by atoms with Crippen LogP contribution in [0.1, 0.15) is 49.6 Å². The number of para-hydroxylation sites is 3. The Balaban J connectivity index is 1.28. The van der Waals surface area contributed by atoms with Crippen LogP contribution in [0.3, 0.4) is 0 Å². The lowest BCUT2D eigenvalue weighted by atomic mass is 9.73. The minimum Gasteiger partial charge on any atom is -0.487 e. The fourth-order valence-electron chi connectivity index (χ4n) is 5.38. The van der Waals surface area contributed by atoms with Crippen molar-refractivity contribution < 1.29 is 9.53 Å². The normalized spacial score (nSPS) is 17.9. The van der Waals surface area contributed by atoms with Gasteiger partial charge < -0.3 is 15.4 Å². The summed E-state index contributed by atoms with van der Waals surface area (Å²) in [4.78, 5) is 13.6. The number of nitrogens with one attached hydrogen (secondary N) is 2. The molecule has 1 aliphatic carbocycles. The number of aromatic nitrogens is 3. The van der Waals surface area contributed by atoms with E-state index in [-0.39, 0.29) is 23.8 Å². The van der Waals surface area contributed by atoms with Crippen molar-refractivity contribution in [3.63, 3.8) is 0 Å². The first-order chi connectivity index (χ1) is 18.8. The quantitative estimate of drug-likeness (QED) is 0.257. The number of carbonyl (C=O) groups is 1. The highest BCUT2D eigenvalue weighted by atomic mass is 79.9. The van der Waals surface area contributed by atoms with E-state index in [1.54, 1.807) is 0 Å². The van der Waals surface area contributed by atoms with Crippen molar-refractivity contribution >= 4 is 33.1 Å². The number of hydrogen-bond acceptors (Lipinski definition) is 6. The summed E-state index contributed by atoms with van der Waals surface area (Å²) in [5.74, 6) is 0.867. The van der Waals surface area contributed by atoms with Crippen LogP contribution in [0.2, 0.25) is 0 Å². The second kappa shape index (κ2) is 10.3. The third-order valence-corrected chi connectivity index (χ3v) is 7.70. The average molecular weight is 585 g/mol. The van der Waals surface area contributed by atoms with Gasteiger partial charge in [0.2, 0.25) is 0 Å². The predicted octanol–water partition coefficient (Wildman–Crippen LogP) is 6.89. The molecule has 4 aromatic rings. The third-order valence-electron chi connectivity index (χ3n) is 7.17. The zero-order valence-corrected chi connectivity index (χ0v) is 23.5. The Morgan fingerprint density at radius 2 is 1.74 bits per heavy atom. The molecule has 0 saturated carbocycles. The van der Waals surface area contributed by atoms with Gasteiger partial charge >= 0.3 is 0 Å². The average Bonchev–Trinajstić information content (AvgIpc) is 3.28. The van der Waals surface area contributed by atoms with Crippen molar-refractivity contribution in [2.75, 3.05) is 10.6 Å². The van der Waals surface area contributed by atoms with Crippen LogP contribution in [-0.2, 0) is 17.9 Å². The number of fused-ring (bicyclic) bond motifs is 1. The standard InChI is InChI=1S/C31H30BrN5O2/c1-31(2)15-26-29(27(38)16-31)30(34-25-9-5-4-8-24(25)33-26)23-7-3-6-10-28(23)39-19-22-18-37(36-35-22)17-20-11-13-21(32)14-12-20/h3-14,18,30,33-34H,15-17,19H2,1-2H3. The van der Waals surface area contributed by atoms with Gasteiger partial charge in [-0.1, -0.05) is 77.5 Å². The van der Waals surface area contributed by atoms with Crippen molar-refractivity contribution in [3.8, 4) is 5.75 Å². The number of Topliss-reactive ketones (excluding diaryl/α,β-unsaturated/α-hetero) is 1. The number of carbonyl (C=O) groups excluding carboxylic acids is 1. The minimum atomic E-state index is -0.343. The van der Waals surface area contributed by atoms with E-state index >= 15 is 0 Å². The lowest BCUT2D eigenvalue weighted by Gasteiger charge is -2.34. The van der Waals surface area contributed by atoms with E-state index in [1.165, 1.54) is 0 Å². The fourth-order valence-corrected chi connectivity index (χ4v) is 5.65. The molecular weight excluding hydrogens is 554 g/mol. The molecule has 0 saturated heterocycles. The number of allylic oxidation sites excluding steroid dienone is 1. The summed E-state index contributed by atoms with van der Waals surface area (Å²) in [5, 5.41) is 15.8. The highest BCUT2D eigenvalue weighted by molar-refractivity contribution is 9.10. The summed E-state index contributed by atoms with van der Waals surface area (Å²) in [6, 6.07) is 23.8. The molecule has 1 aromatic heterocycles. The highest BCUT2D eigenvalue weighted by Gasteiger charge is 2.39. The lowest BCUT2D eigenvalue weighted by Crippen LogP contribution is -2.31. The summed E-state index contributed by atoms with van der Waals surface area (Å²) in [5.41, 5.74) is 6.36. The molecular formula is C31H30BrN5O2. The minimum absolute atomic E-state index is 0.106. The number of nitrogens with zero attached hydrogens (tertiary/aromatic N) is 3. The van der Waals surface area contributed by atoms with Gasteiger partial charge in [0.1, 0.15) is 18.1 Å². The summed E-state index contributed by atoms with van der Waals surface area (Å²) >= 11 is 3.47. The summed E-state index contributed by atoms with van der Waals surface area (Å²) in [7, 11) is 0. The van der Waals surface area contributed by atoms with E-state index < -0.39 is 0 Å².